The number of ether oxygens (including phenoxy) is 1. The summed E-state index contributed by atoms with van der Waals surface area (Å²) in [5.41, 5.74) is 2.40. The summed E-state index contributed by atoms with van der Waals surface area (Å²) in [6, 6.07) is 21.4. The summed E-state index contributed by atoms with van der Waals surface area (Å²) in [6.45, 7) is 6.38. The third kappa shape index (κ3) is 3.37. The Bertz CT molecular complexity index is 870. The Kier molecular flexibility index (Phi) is 4.76. The topological polar surface area (TPSA) is 28.6 Å². The van der Waals surface area contributed by atoms with Gasteiger partial charge in [0, 0.05) is 37.6 Å². The van der Waals surface area contributed by atoms with Gasteiger partial charge in [0.15, 0.2) is 0 Å². The summed E-state index contributed by atoms with van der Waals surface area (Å²) in [6.07, 6.45) is 0. The first-order chi connectivity index (χ1) is 12.7. The maximum atomic E-state index is 5.26. The van der Waals surface area contributed by atoms with E-state index < -0.39 is 0 Å². The average molecular weight is 347 g/mol. The standard InChI is InChI=1S/C22H25N3O/c1-17(18-7-10-20(26-2)11-8-18)24-13-15-25(16-14-24)22-12-9-19-5-3-4-6-21(19)23-22/h3-12,17H,13-16H2,1-2H3. The van der Waals surface area contributed by atoms with Crippen LogP contribution in [-0.2, 0) is 0 Å². The minimum atomic E-state index is 0.410. The van der Waals surface area contributed by atoms with E-state index in [0.29, 0.717) is 6.04 Å². The molecular weight excluding hydrogens is 322 g/mol. The van der Waals surface area contributed by atoms with Crippen LogP contribution in [0.25, 0.3) is 10.9 Å². The van der Waals surface area contributed by atoms with Crippen LogP contribution in [0.4, 0.5) is 5.82 Å². The number of nitrogens with zero attached hydrogens (tertiary/aromatic N) is 3. The quantitative estimate of drug-likeness (QED) is 0.710. The molecule has 2 heterocycles. The van der Waals surface area contributed by atoms with Gasteiger partial charge in [-0.05, 0) is 42.8 Å². The molecule has 1 saturated heterocycles. The van der Waals surface area contributed by atoms with E-state index in [0.717, 1.165) is 43.3 Å². The van der Waals surface area contributed by atoms with E-state index in [1.807, 2.05) is 18.2 Å². The smallest absolute Gasteiger partial charge is 0.129 e. The van der Waals surface area contributed by atoms with Gasteiger partial charge >= 0.3 is 0 Å². The molecule has 1 fully saturated rings. The van der Waals surface area contributed by atoms with Crippen molar-refractivity contribution in [2.24, 2.45) is 0 Å². The fraction of sp³-hybridized carbons (Fsp3) is 0.318. The summed E-state index contributed by atoms with van der Waals surface area (Å²) >= 11 is 0. The van der Waals surface area contributed by atoms with Gasteiger partial charge in [0.2, 0.25) is 0 Å². The van der Waals surface area contributed by atoms with Crippen molar-refractivity contribution >= 4 is 16.7 Å². The second-order valence-corrected chi connectivity index (χ2v) is 6.83. The molecule has 1 aliphatic rings. The molecule has 0 radical (unpaired) electrons. The number of fused-ring (bicyclic) bond motifs is 1. The highest BCUT2D eigenvalue weighted by Gasteiger charge is 2.22. The second kappa shape index (κ2) is 7.34. The van der Waals surface area contributed by atoms with E-state index >= 15 is 0 Å². The van der Waals surface area contributed by atoms with Gasteiger partial charge in [-0.25, -0.2) is 4.98 Å². The number of aromatic nitrogens is 1. The first-order valence-electron chi connectivity index (χ1n) is 9.23. The number of methoxy groups -OCH3 is 1. The first kappa shape index (κ1) is 16.9. The molecule has 1 aliphatic heterocycles. The Morgan fingerprint density at radius 2 is 1.62 bits per heavy atom. The van der Waals surface area contributed by atoms with E-state index in [-0.39, 0.29) is 0 Å². The first-order valence-corrected chi connectivity index (χ1v) is 9.23. The van der Waals surface area contributed by atoms with Crippen LogP contribution < -0.4 is 9.64 Å². The van der Waals surface area contributed by atoms with Crippen LogP contribution >= 0.6 is 0 Å². The largest absolute Gasteiger partial charge is 0.497 e. The Balaban J connectivity index is 1.42. The van der Waals surface area contributed by atoms with Crippen molar-refractivity contribution in [3.05, 3.63) is 66.2 Å². The fourth-order valence-corrected chi connectivity index (χ4v) is 3.66. The summed E-state index contributed by atoms with van der Waals surface area (Å²) in [5, 5.41) is 1.20. The van der Waals surface area contributed by atoms with Gasteiger partial charge in [0.05, 0.1) is 12.6 Å². The predicted octanol–water partition coefficient (Wildman–Crippen LogP) is 4.13. The molecule has 0 saturated carbocycles. The van der Waals surface area contributed by atoms with Crippen molar-refractivity contribution < 1.29 is 4.74 Å². The van der Waals surface area contributed by atoms with Crippen LogP contribution in [0, 0.1) is 0 Å². The molecule has 4 rings (SSSR count). The van der Waals surface area contributed by atoms with Gasteiger partial charge in [-0.1, -0.05) is 30.3 Å². The number of benzene rings is 2. The molecule has 134 valence electrons. The number of pyridine rings is 1. The van der Waals surface area contributed by atoms with E-state index in [2.05, 4.69) is 59.2 Å². The van der Waals surface area contributed by atoms with E-state index in [1.165, 1.54) is 10.9 Å². The maximum absolute atomic E-state index is 5.26. The van der Waals surface area contributed by atoms with Crippen LogP contribution in [0.15, 0.2) is 60.7 Å². The minimum absolute atomic E-state index is 0.410. The number of para-hydroxylation sites is 1. The average Bonchev–Trinajstić information content (AvgIpc) is 2.73. The van der Waals surface area contributed by atoms with Gasteiger partial charge in [-0.3, -0.25) is 4.90 Å². The molecule has 4 nitrogen and oxygen atoms in total. The molecule has 3 aromatic rings. The zero-order valence-electron chi connectivity index (χ0n) is 15.4. The lowest BCUT2D eigenvalue weighted by atomic mass is 10.1. The van der Waals surface area contributed by atoms with E-state index in [4.69, 9.17) is 9.72 Å². The Morgan fingerprint density at radius 3 is 2.35 bits per heavy atom. The Hall–Kier alpha value is -2.59. The van der Waals surface area contributed by atoms with Gasteiger partial charge in [-0.2, -0.15) is 0 Å². The summed E-state index contributed by atoms with van der Waals surface area (Å²) in [5.74, 6) is 1.99. The SMILES string of the molecule is COc1ccc(C(C)N2CCN(c3ccc4ccccc4n3)CC2)cc1. The highest BCUT2D eigenvalue weighted by atomic mass is 16.5. The number of hydrogen-bond donors (Lipinski definition) is 0. The normalized spacial score (nSPS) is 16.6. The zero-order valence-corrected chi connectivity index (χ0v) is 15.4. The van der Waals surface area contributed by atoms with Crippen molar-refractivity contribution in [3.63, 3.8) is 0 Å². The maximum Gasteiger partial charge on any atom is 0.129 e. The fourth-order valence-electron chi connectivity index (χ4n) is 3.66. The summed E-state index contributed by atoms with van der Waals surface area (Å²) in [7, 11) is 1.71. The molecule has 1 unspecified atom stereocenters. The van der Waals surface area contributed by atoms with Gasteiger partial charge in [0.1, 0.15) is 11.6 Å². The van der Waals surface area contributed by atoms with Crippen LogP contribution in [0.2, 0.25) is 0 Å². The molecule has 0 spiro atoms. The van der Waals surface area contributed by atoms with E-state index in [9.17, 15) is 0 Å². The lowest BCUT2D eigenvalue weighted by Crippen LogP contribution is -2.47. The van der Waals surface area contributed by atoms with Crippen molar-refractivity contribution in [2.75, 3.05) is 38.2 Å². The van der Waals surface area contributed by atoms with Crippen molar-refractivity contribution in [3.8, 4) is 5.75 Å². The molecule has 4 heteroatoms. The van der Waals surface area contributed by atoms with Crippen molar-refractivity contribution in [1.82, 2.24) is 9.88 Å². The summed E-state index contributed by atoms with van der Waals surface area (Å²) in [4.78, 5) is 9.77. The van der Waals surface area contributed by atoms with Crippen LogP contribution in [-0.4, -0.2) is 43.2 Å². The monoisotopic (exact) mass is 347 g/mol. The molecule has 1 atom stereocenters. The Labute approximate surface area is 155 Å². The molecule has 0 N–H and O–H groups in total. The lowest BCUT2D eigenvalue weighted by molar-refractivity contribution is 0.198. The number of rotatable bonds is 4. The molecule has 2 aromatic carbocycles. The number of piperazine rings is 1. The number of anilines is 1. The molecule has 0 bridgehead atoms. The van der Waals surface area contributed by atoms with Crippen LogP contribution in [0.1, 0.15) is 18.5 Å². The lowest BCUT2D eigenvalue weighted by Gasteiger charge is -2.38. The second-order valence-electron chi connectivity index (χ2n) is 6.83. The molecule has 0 aliphatic carbocycles. The van der Waals surface area contributed by atoms with E-state index in [1.54, 1.807) is 7.11 Å². The van der Waals surface area contributed by atoms with Crippen molar-refractivity contribution in [1.29, 1.82) is 0 Å². The molecule has 0 amide bonds. The highest BCUT2D eigenvalue weighted by molar-refractivity contribution is 5.80. The third-order valence-corrected chi connectivity index (χ3v) is 5.37. The van der Waals surface area contributed by atoms with Gasteiger partial charge in [-0.15, -0.1) is 0 Å². The number of hydrogen-bond acceptors (Lipinski definition) is 4. The summed E-state index contributed by atoms with van der Waals surface area (Å²) < 4.78 is 5.26. The van der Waals surface area contributed by atoms with Crippen LogP contribution in [0.5, 0.6) is 5.75 Å². The Morgan fingerprint density at radius 1 is 0.885 bits per heavy atom. The van der Waals surface area contributed by atoms with Crippen molar-refractivity contribution in [2.45, 2.75) is 13.0 Å². The zero-order chi connectivity index (χ0) is 17.9. The third-order valence-electron chi connectivity index (χ3n) is 5.37. The molecule has 26 heavy (non-hydrogen) atoms. The van der Waals surface area contributed by atoms with Crippen LogP contribution in [0.3, 0.4) is 0 Å². The molecule has 1 aromatic heterocycles. The predicted molar refractivity (Wildman–Crippen MR) is 107 cm³/mol. The molecular formula is C22H25N3O. The van der Waals surface area contributed by atoms with Gasteiger partial charge < -0.3 is 9.64 Å². The highest BCUT2D eigenvalue weighted by Crippen LogP contribution is 2.25. The minimum Gasteiger partial charge on any atom is -0.497 e. The van der Waals surface area contributed by atoms with Gasteiger partial charge in [0.25, 0.3) is 0 Å².